The highest BCUT2D eigenvalue weighted by Gasteiger charge is 2.25. The predicted molar refractivity (Wildman–Crippen MR) is 85.4 cm³/mol. The minimum Gasteiger partial charge on any atom is -0.422 e. The fourth-order valence-electron chi connectivity index (χ4n) is 2.32. The number of nitrogens with one attached hydrogen (secondary N) is 3. The first kappa shape index (κ1) is 16.1. The summed E-state index contributed by atoms with van der Waals surface area (Å²) in [7, 11) is 0. The molecular formula is C16H18FN5O2. The number of rotatable bonds is 5. The van der Waals surface area contributed by atoms with Crippen molar-refractivity contribution in [2.45, 2.75) is 25.5 Å². The standard InChI is InChI=1S/C16H18FN5O2/c1-16(2,10-3-5-11(17)6-4-10)9-18-13-8-7-12(19-20-13)14-21-22-15(23)24-14/h3-8,14,21H,9H2,1-2H3,(H,18,20)(H,22,23). The molecule has 0 bridgehead atoms. The SMILES string of the molecule is CC(C)(CNc1ccc(C2NNC(=O)O2)nn1)c1ccc(F)cc1. The third-order valence-electron chi connectivity index (χ3n) is 3.82. The lowest BCUT2D eigenvalue weighted by Gasteiger charge is -2.25. The van der Waals surface area contributed by atoms with E-state index >= 15 is 0 Å². The average molecular weight is 331 g/mol. The number of halogens is 1. The number of cyclic esters (lactones) is 1. The van der Waals surface area contributed by atoms with Crippen LogP contribution in [-0.4, -0.2) is 22.8 Å². The van der Waals surface area contributed by atoms with E-state index in [-0.39, 0.29) is 11.2 Å². The molecule has 3 N–H and O–H groups in total. The quantitative estimate of drug-likeness (QED) is 0.779. The fraction of sp³-hybridized carbons (Fsp3) is 0.312. The van der Waals surface area contributed by atoms with Gasteiger partial charge in [-0.15, -0.1) is 10.2 Å². The predicted octanol–water partition coefficient (Wildman–Crippen LogP) is 2.25. The van der Waals surface area contributed by atoms with Crippen LogP contribution in [0, 0.1) is 5.82 Å². The number of carbonyl (C=O) groups is 1. The molecule has 0 aliphatic carbocycles. The summed E-state index contributed by atoms with van der Waals surface area (Å²) in [6, 6.07) is 9.94. The molecule has 1 aromatic heterocycles. The maximum atomic E-state index is 13.0. The van der Waals surface area contributed by atoms with Crippen LogP contribution in [0.15, 0.2) is 36.4 Å². The van der Waals surface area contributed by atoms with Crippen LogP contribution in [0.3, 0.4) is 0 Å². The first-order valence-corrected chi connectivity index (χ1v) is 7.50. The molecular weight excluding hydrogens is 313 g/mol. The molecule has 126 valence electrons. The molecule has 7 nitrogen and oxygen atoms in total. The number of hydrogen-bond acceptors (Lipinski definition) is 6. The smallest absolute Gasteiger partial charge is 0.422 e. The second-order valence-corrected chi connectivity index (χ2v) is 6.14. The molecule has 1 amide bonds. The van der Waals surface area contributed by atoms with Crippen molar-refractivity contribution in [3.05, 3.63) is 53.5 Å². The van der Waals surface area contributed by atoms with Crippen LogP contribution < -0.4 is 16.2 Å². The summed E-state index contributed by atoms with van der Waals surface area (Å²) >= 11 is 0. The van der Waals surface area contributed by atoms with Crippen molar-refractivity contribution in [1.82, 2.24) is 21.0 Å². The zero-order valence-corrected chi connectivity index (χ0v) is 13.3. The van der Waals surface area contributed by atoms with Gasteiger partial charge in [-0.1, -0.05) is 26.0 Å². The third kappa shape index (κ3) is 3.60. The van der Waals surface area contributed by atoms with Gasteiger partial charge in [0.1, 0.15) is 17.3 Å². The average Bonchev–Trinajstić information content (AvgIpc) is 3.00. The molecule has 0 spiro atoms. The second kappa shape index (κ2) is 6.40. The topological polar surface area (TPSA) is 88.2 Å². The Morgan fingerprint density at radius 2 is 1.96 bits per heavy atom. The van der Waals surface area contributed by atoms with E-state index in [4.69, 9.17) is 4.74 Å². The summed E-state index contributed by atoms with van der Waals surface area (Å²) in [4.78, 5) is 11.0. The minimum atomic E-state index is -0.644. The highest BCUT2D eigenvalue weighted by Crippen LogP contribution is 2.24. The lowest BCUT2D eigenvalue weighted by molar-refractivity contribution is 0.127. The van der Waals surface area contributed by atoms with E-state index in [1.54, 1.807) is 24.3 Å². The summed E-state index contributed by atoms with van der Waals surface area (Å²) in [6.07, 6.45) is -1.19. The summed E-state index contributed by atoms with van der Waals surface area (Å²) in [5.41, 5.74) is 6.29. The van der Waals surface area contributed by atoms with Gasteiger partial charge in [0.05, 0.1) is 0 Å². The zero-order chi connectivity index (χ0) is 17.2. The van der Waals surface area contributed by atoms with Gasteiger partial charge in [-0.3, -0.25) is 5.43 Å². The van der Waals surface area contributed by atoms with E-state index < -0.39 is 12.3 Å². The monoisotopic (exact) mass is 331 g/mol. The van der Waals surface area contributed by atoms with Crippen molar-refractivity contribution in [2.24, 2.45) is 0 Å². The van der Waals surface area contributed by atoms with Crippen LogP contribution in [0.1, 0.15) is 31.3 Å². The van der Waals surface area contributed by atoms with E-state index in [1.807, 2.05) is 0 Å². The van der Waals surface area contributed by atoms with Gasteiger partial charge in [-0.25, -0.2) is 9.18 Å². The maximum absolute atomic E-state index is 13.0. The molecule has 2 aromatic rings. The zero-order valence-electron chi connectivity index (χ0n) is 13.3. The molecule has 3 rings (SSSR count). The number of ether oxygens (including phenoxy) is 1. The van der Waals surface area contributed by atoms with Crippen molar-refractivity contribution in [3.63, 3.8) is 0 Å². The van der Waals surface area contributed by atoms with Gasteiger partial charge in [-0.2, -0.15) is 5.43 Å². The number of amides is 1. The normalized spacial score (nSPS) is 17.3. The van der Waals surface area contributed by atoms with Crippen LogP contribution in [0.2, 0.25) is 0 Å². The van der Waals surface area contributed by atoms with E-state index in [9.17, 15) is 9.18 Å². The molecule has 1 atom stereocenters. The lowest BCUT2D eigenvalue weighted by Crippen LogP contribution is -2.28. The molecule has 2 heterocycles. The van der Waals surface area contributed by atoms with E-state index in [0.717, 1.165) is 5.56 Å². The van der Waals surface area contributed by atoms with Crippen LogP contribution >= 0.6 is 0 Å². The molecule has 1 unspecified atom stereocenters. The van der Waals surface area contributed by atoms with E-state index in [2.05, 4.69) is 40.2 Å². The van der Waals surface area contributed by atoms with Gasteiger partial charge in [0.2, 0.25) is 6.23 Å². The van der Waals surface area contributed by atoms with Gasteiger partial charge < -0.3 is 10.1 Å². The van der Waals surface area contributed by atoms with Crippen molar-refractivity contribution < 1.29 is 13.9 Å². The summed E-state index contributed by atoms with van der Waals surface area (Å²) in [6.45, 7) is 4.72. The number of benzene rings is 1. The first-order valence-electron chi connectivity index (χ1n) is 7.50. The number of hydrogen-bond donors (Lipinski definition) is 3. The Morgan fingerprint density at radius 1 is 1.21 bits per heavy atom. The molecule has 1 aliphatic rings. The van der Waals surface area contributed by atoms with E-state index in [1.165, 1.54) is 12.1 Å². The maximum Gasteiger partial charge on any atom is 0.423 e. The molecule has 8 heteroatoms. The van der Waals surface area contributed by atoms with Crippen LogP contribution in [-0.2, 0) is 10.2 Å². The Balaban J connectivity index is 1.61. The van der Waals surface area contributed by atoms with Gasteiger partial charge in [0.25, 0.3) is 0 Å². The fourth-order valence-corrected chi connectivity index (χ4v) is 2.32. The Hall–Kier alpha value is -2.74. The van der Waals surface area contributed by atoms with E-state index in [0.29, 0.717) is 18.1 Å². The van der Waals surface area contributed by atoms with Crippen LogP contribution in [0.4, 0.5) is 15.0 Å². The van der Waals surface area contributed by atoms with Crippen molar-refractivity contribution in [1.29, 1.82) is 0 Å². The van der Waals surface area contributed by atoms with Crippen molar-refractivity contribution in [2.75, 3.05) is 11.9 Å². The summed E-state index contributed by atoms with van der Waals surface area (Å²) in [5, 5.41) is 11.3. The number of anilines is 1. The summed E-state index contributed by atoms with van der Waals surface area (Å²) in [5.74, 6) is 0.353. The van der Waals surface area contributed by atoms with Gasteiger partial charge in [-0.05, 0) is 29.8 Å². The number of hydrazine groups is 1. The second-order valence-electron chi connectivity index (χ2n) is 6.14. The highest BCUT2D eigenvalue weighted by molar-refractivity contribution is 5.68. The minimum absolute atomic E-state index is 0.208. The van der Waals surface area contributed by atoms with Crippen molar-refractivity contribution >= 4 is 11.9 Å². The molecule has 0 radical (unpaired) electrons. The number of nitrogens with zero attached hydrogens (tertiary/aromatic N) is 2. The molecule has 1 aromatic carbocycles. The van der Waals surface area contributed by atoms with Crippen molar-refractivity contribution in [3.8, 4) is 0 Å². The Kier molecular flexibility index (Phi) is 4.30. The Labute approximate surface area is 138 Å². The van der Waals surface area contributed by atoms with Gasteiger partial charge >= 0.3 is 6.09 Å². The van der Waals surface area contributed by atoms with Gasteiger partial charge in [0.15, 0.2) is 0 Å². The first-order chi connectivity index (χ1) is 11.4. The molecule has 1 saturated heterocycles. The lowest BCUT2D eigenvalue weighted by atomic mass is 9.84. The molecule has 0 saturated carbocycles. The Morgan fingerprint density at radius 3 is 2.54 bits per heavy atom. The number of aromatic nitrogens is 2. The van der Waals surface area contributed by atoms with Crippen LogP contribution in [0.5, 0.6) is 0 Å². The van der Waals surface area contributed by atoms with Gasteiger partial charge in [0, 0.05) is 12.0 Å². The molecule has 24 heavy (non-hydrogen) atoms. The third-order valence-corrected chi connectivity index (χ3v) is 3.82. The summed E-state index contributed by atoms with van der Waals surface area (Å²) < 4.78 is 18.0. The molecule has 1 fully saturated rings. The largest absolute Gasteiger partial charge is 0.423 e. The van der Waals surface area contributed by atoms with Crippen LogP contribution in [0.25, 0.3) is 0 Å². The number of carbonyl (C=O) groups excluding carboxylic acids is 1. The highest BCUT2D eigenvalue weighted by atomic mass is 19.1. The molecule has 1 aliphatic heterocycles. The Bertz CT molecular complexity index is 718.